The van der Waals surface area contributed by atoms with Crippen molar-refractivity contribution in [2.45, 2.75) is 161 Å². The largest absolute Gasteiger partial charge is 0.468 e. The zero-order valence-corrected chi connectivity index (χ0v) is 49.2. The maximum absolute atomic E-state index is 9.07. The van der Waals surface area contributed by atoms with Gasteiger partial charge in [0.05, 0.1) is 22.7 Å². The number of nitrogens with zero attached hydrogens (tertiary/aromatic N) is 3. The van der Waals surface area contributed by atoms with Crippen molar-refractivity contribution < 1.29 is 8.53 Å². The predicted molar refractivity (Wildman–Crippen MR) is 341 cm³/mol. The van der Waals surface area contributed by atoms with Gasteiger partial charge in [0.1, 0.15) is 5.58 Å². The molecule has 1 fully saturated rings. The van der Waals surface area contributed by atoms with Gasteiger partial charge in [-0.1, -0.05) is 174 Å². The van der Waals surface area contributed by atoms with Crippen molar-refractivity contribution in [2.75, 3.05) is 14.7 Å². The predicted octanol–water partition coefficient (Wildman–Crippen LogP) is 19.0. The summed E-state index contributed by atoms with van der Waals surface area (Å²) in [4.78, 5) is 7.31. The minimum Gasteiger partial charge on any atom is -0.468 e. The molecule has 0 atom stereocenters. The summed E-state index contributed by atoms with van der Waals surface area (Å²) >= 11 is 0. The lowest BCUT2D eigenvalue weighted by molar-refractivity contribution is 0.188. The number of para-hydroxylation sites is 2. The summed E-state index contributed by atoms with van der Waals surface area (Å²) in [5.41, 5.74) is 23.5. The molecule has 9 aromatic rings. The van der Waals surface area contributed by atoms with Gasteiger partial charge in [-0.15, -0.1) is 0 Å². The average Bonchev–Trinajstić information content (AvgIpc) is 1.90. The summed E-state index contributed by atoms with van der Waals surface area (Å²) in [5, 5.41) is 1.14. The highest BCUT2D eigenvalue weighted by Gasteiger charge is 2.51. The molecule has 0 radical (unpaired) electrons. The molecule has 3 heterocycles. The summed E-state index contributed by atoms with van der Waals surface area (Å²) in [6.07, 6.45) is 6.91. The number of hydrogen-bond donors (Lipinski definition) is 0. The molecule has 0 saturated heterocycles. The van der Waals surface area contributed by atoms with E-state index in [1.807, 2.05) is 24.3 Å². The number of aryl methyl sites for hydroxylation is 1. The maximum Gasteiger partial charge on any atom is 0.297 e. The zero-order chi connectivity index (χ0) is 58.1. The van der Waals surface area contributed by atoms with Gasteiger partial charge < -0.3 is 19.1 Å². The van der Waals surface area contributed by atoms with Crippen LogP contribution in [0.2, 0.25) is 0 Å². The molecule has 15 rings (SSSR count). The van der Waals surface area contributed by atoms with Gasteiger partial charge in [0.15, 0.2) is 0 Å². The van der Waals surface area contributed by atoms with Crippen LogP contribution in [0.15, 0.2) is 168 Å². The third kappa shape index (κ3) is 7.68. The summed E-state index contributed by atoms with van der Waals surface area (Å²) in [7, 11) is 0. The van der Waals surface area contributed by atoms with Gasteiger partial charge >= 0.3 is 0 Å². The number of benzene rings is 8. The van der Waals surface area contributed by atoms with Gasteiger partial charge in [0.2, 0.25) is 0 Å². The number of hydrogen-bond acceptors (Lipinski definition) is 4. The second kappa shape index (κ2) is 17.4. The third-order valence-corrected chi connectivity index (χ3v) is 20.1. The molecule has 5 heteroatoms. The van der Waals surface area contributed by atoms with Crippen LogP contribution in [-0.4, -0.2) is 6.71 Å². The molecule has 0 amide bonds. The number of fused-ring (bicyclic) bond motifs is 9. The Morgan fingerprint density at radius 3 is 1.76 bits per heavy atom. The van der Waals surface area contributed by atoms with Gasteiger partial charge in [-0.05, 0) is 206 Å². The topological polar surface area (TPSA) is 22.9 Å². The minimum atomic E-state index is -2.40. The summed E-state index contributed by atoms with van der Waals surface area (Å²) in [5.74, 6) is 0. The van der Waals surface area contributed by atoms with Gasteiger partial charge in [0, 0.05) is 49.2 Å². The van der Waals surface area contributed by atoms with Gasteiger partial charge in [0.25, 0.3) is 6.71 Å². The first-order valence-corrected chi connectivity index (χ1v) is 29.6. The lowest BCUT2D eigenvalue weighted by Crippen LogP contribution is -2.61. The molecule has 4 nitrogen and oxygen atoms in total. The van der Waals surface area contributed by atoms with E-state index < -0.39 is 6.85 Å². The zero-order valence-electron chi connectivity index (χ0n) is 52.2. The third-order valence-electron chi connectivity index (χ3n) is 20.1. The first kappa shape index (κ1) is 47.6. The highest BCUT2D eigenvalue weighted by Crippen LogP contribution is 2.59. The molecule has 0 unspecified atom stereocenters. The van der Waals surface area contributed by atoms with Crippen LogP contribution in [0.3, 0.4) is 0 Å². The molecular weight excluding hydrogens is 970 g/mol. The first-order chi connectivity index (χ1) is 39.2. The Kier molecular flexibility index (Phi) is 10.3. The number of anilines is 9. The molecule has 80 heavy (non-hydrogen) atoms. The van der Waals surface area contributed by atoms with E-state index in [0.717, 1.165) is 91.6 Å². The Bertz CT molecular complexity index is 4110. The van der Waals surface area contributed by atoms with E-state index in [4.69, 9.17) is 8.53 Å². The first-order valence-electron chi connectivity index (χ1n) is 31.1. The second-order valence-corrected chi connectivity index (χ2v) is 28.4. The highest BCUT2D eigenvalue weighted by molar-refractivity contribution is 7.00. The van der Waals surface area contributed by atoms with Gasteiger partial charge in [-0.3, -0.25) is 0 Å². The van der Waals surface area contributed by atoms with E-state index in [0.29, 0.717) is 5.69 Å². The van der Waals surface area contributed by atoms with Crippen molar-refractivity contribution >= 4 is 85.5 Å². The Morgan fingerprint density at radius 1 is 0.512 bits per heavy atom. The Balaban J connectivity index is 1.17. The van der Waals surface area contributed by atoms with Crippen molar-refractivity contribution in [3.8, 4) is 11.1 Å². The van der Waals surface area contributed by atoms with E-state index in [9.17, 15) is 0 Å². The average molecular weight is 1050 g/mol. The summed E-state index contributed by atoms with van der Waals surface area (Å²) < 4.78 is 35.1. The molecular formula is C75H78BN3O. The molecule has 1 aromatic heterocycles. The van der Waals surface area contributed by atoms with Crippen LogP contribution in [0.5, 0.6) is 0 Å². The lowest BCUT2D eigenvalue weighted by Gasteiger charge is -2.52. The molecule has 4 aliphatic carbocycles. The standard InChI is InChI=1S/C75H78BN3O/c1-47-22-20-21-27-61(47)77(51-25-18-15-19-26-51)53-43-64-67-65(44-53)79(62-32-28-49(70(2,3)4)40-54(62)48-23-16-14-17-24-48)63-33-29-50(71(5,6)7)41-60(63)76(67)69-68(78(64)52-30-31-56-57(42-52)73(10,11)35-34-72(56,8)9)55-45-58-59(46-66(55)80-69)75(13)38-36-74(58,12)37-39-75/h14-33,40-46H,34-39H2,1-13H3/i1D3. The van der Waals surface area contributed by atoms with Gasteiger partial charge in [-0.2, -0.15) is 0 Å². The van der Waals surface area contributed by atoms with Crippen LogP contribution in [0.1, 0.15) is 165 Å². The van der Waals surface area contributed by atoms with Crippen molar-refractivity contribution in [1.82, 2.24) is 0 Å². The molecule has 1 saturated carbocycles. The van der Waals surface area contributed by atoms with E-state index >= 15 is 0 Å². The monoisotopic (exact) mass is 1050 g/mol. The highest BCUT2D eigenvalue weighted by atomic mass is 16.3. The molecule has 2 bridgehead atoms. The van der Waals surface area contributed by atoms with Crippen LogP contribution < -0.4 is 31.3 Å². The van der Waals surface area contributed by atoms with E-state index in [-0.39, 0.29) is 44.8 Å². The fourth-order valence-electron chi connectivity index (χ4n) is 15.0. The number of rotatable bonds is 6. The van der Waals surface area contributed by atoms with E-state index in [2.05, 4.69) is 231 Å². The van der Waals surface area contributed by atoms with Gasteiger partial charge in [-0.25, -0.2) is 0 Å². The SMILES string of the molecule is [2H]C([2H])([2H])c1ccccc1N(c1ccccc1)c1cc2c3c(c1)N(c1ccc4c(c1)C(C)(C)CCC4(C)C)c1c(oc4cc5c(cc14)C1(C)CCC5(C)CC1)B3c1cc(C(C)(C)C)ccc1N2c1ccc(C(C)(C)C)cc1-c1ccccc1. The molecule has 6 aliphatic rings. The van der Waals surface area contributed by atoms with Crippen LogP contribution >= 0.6 is 0 Å². The Hall–Kier alpha value is -7.24. The molecule has 402 valence electrons. The van der Waals surface area contributed by atoms with Crippen LogP contribution in [0.25, 0.3) is 22.1 Å². The van der Waals surface area contributed by atoms with Crippen molar-refractivity contribution in [1.29, 1.82) is 0 Å². The van der Waals surface area contributed by atoms with Crippen LogP contribution in [0.4, 0.5) is 51.2 Å². The van der Waals surface area contributed by atoms with Crippen molar-refractivity contribution in [2.24, 2.45) is 0 Å². The summed E-state index contributed by atoms with van der Waals surface area (Å²) in [6, 6.07) is 60.2. The lowest BCUT2D eigenvalue weighted by atomic mass is 9.35. The summed E-state index contributed by atoms with van der Waals surface area (Å²) in [6.45, 7) is 25.8. The molecule has 0 N–H and O–H groups in total. The second-order valence-electron chi connectivity index (χ2n) is 28.4. The van der Waals surface area contributed by atoms with Crippen LogP contribution in [0, 0.1) is 6.85 Å². The smallest absolute Gasteiger partial charge is 0.297 e. The van der Waals surface area contributed by atoms with Crippen molar-refractivity contribution in [3.63, 3.8) is 0 Å². The van der Waals surface area contributed by atoms with Crippen molar-refractivity contribution in [3.05, 3.63) is 203 Å². The normalized spacial score (nSPS) is 20.9. The molecule has 2 aliphatic heterocycles. The van der Waals surface area contributed by atoms with E-state index in [1.54, 1.807) is 6.07 Å². The van der Waals surface area contributed by atoms with Crippen LogP contribution in [-0.2, 0) is 32.5 Å². The quantitative estimate of drug-likeness (QED) is 0.155. The molecule has 0 spiro atoms. The minimum absolute atomic E-state index is 0.00715. The maximum atomic E-state index is 9.07. The Morgan fingerprint density at radius 2 is 1.10 bits per heavy atom. The van der Waals surface area contributed by atoms with E-state index in [1.165, 1.54) is 64.5 Å². The Labute approximate surface area is 481 Å². The fraction of sp³-hybridized carbons (Fsp3) is 0.333. The number of furan rings is 1. The molecule has 8 aromatic carbocycles. The fourth-order valence-corrected chi connectivity index (χ4v) is 15.0.